The molecule has 6 aromatic carbocycles. The highest BCUT2D eigenvalue weighted by Crippen LogP contribution is 2.50. The molecule has 7 aliphatic rings. The van der Waals surface area contributed by atoms with Crippen LogP contribution in [-0.4, -0.2) is 215 Å². The first-order chi connectivity index (χ1) is 59.3. The van der Waals surface area contributed by atoms with E-state index in [1.807, 2.05) is 13.8 Å². The molecule has 666 valence electrons. The second-order valence-electron chi connectivity index (χ2n) is 30.7. The maximum absolute atomic E-state index is 16.3. The number of nitrogens with one attached hydrogen (secondary N) is 11. The van der Waals surface area contributed by atoms with E-state index in [2.05, 4.69) is 63.7 Å². The van der Waals surface area contributed by atoms with Crippen molar-refractivity contribution in [3.63, 3.8) is 0 Å². The summed E-state index contributed by atoms with van der Waals surface area (Å²) in [6.07, 6.45) is -15.4. The average molecular weight is 1810 g/mol. The van der Waals surface area contributed by atoms with Crippen LogP contribution < -0.4 is 84.3 Å². The fourth-order valence-electron chi connectivity index (χ4n) is 14.9. The lowest BCUT2D eigenvalue weighted by Crippen LogP contribution is -2.65. The minimum Gasteiger partial charge on any atom is -0.508 e. The molecule has 2 saturated heterocycles. The molecule has 0 aliphatic carbocycles. The molecule has 39 nitrogen and oxygen atoms in total. The minimum atomic E-state index is -2.39. The summed E-state index contributed by atoms with van der Waals surface area (Å²) in [5.74, 6) is -16.0. The van der Waals surface area contributed by atoms with Crippen LogP contribution in [0.4, 0.5) is 5.82 Å². The van der Waals surface area contributed by atoms with Gasteiger partial charge >= 0.3 is 5.69 Å². The number of phenolic OH excluding ortho intramolecular Hbond substituents is 3. The third-order valence-corrected chi connectivity index (χ3v) is 22.7. The van der Waals surface area contributed by atoms with Crippen molar-refractivity contribution in [1.29, 1.82) is 0 Å². The molecule has 18 atom stereocenters. The summed E-state index contributed by atoms with van der Waals surface area (Å²) < 4.78 is 40.6. The highest BCUT2D eigenvalue weighted by atomic mass is 35.5. The quantitative estimate of drug-likeness (QED) is 0.0362. The van der Waals surface area contributed by atoms with Crippen LogP contribution in [0, 0.1) is 5.92 Å². The summed E-state index contributed by atoms with van der Waals surface area (Å²) in [5.41, 5.74) is 6.36. The minimum absolute atomic E-state index is 0.0428. The molecule has 0 spiro atoms. The molecule has 7 aliphatic heterocycles. The Morgan fingerprint density at radius 1 is 0.704 bits per heavy atom. The Kier molecular flexibility index (Phi) is 29.3. The van der Waals surface area contributed by atoms with Crippen LogP contribution in [0.5, 0.6) is 46.0 Å². The molecule has 11 bridgehead atoms. The number of nitrogens with two attached hydrogens (primary N) is 1. The number of aliphatic hydroxyl groups is 6. The van der Waals surface area contributed by atoms with Crippen molar-refractivity contribution in [1.82, 2.24) is 62.9 Å². The number of aliphatic hydroxyl groups excluding tert-OH is 6. The molecular weight excluding hydrogens is 1720 g/mol. The van der Waals surface area contributed by atoms with Crippen molar-refractivity contribution < 1.29 is 118 Å². The van der Waals surface area contributed by atoms with Crippen molar-refractivity contribution in [2.24, 2.45) is 11.7 Å². The lowest BCUT2D eigenvalue weighted by atomic mass is 9.85. The van der Waals surface area contributed by atoms with Gasteiger partial charge in [0.15, 0.2) is 23.9 Å². The Morgan fingerprint density at radius 2 is 1.36 bits per heavy atom. The van der Waals surface area contributed by atoms with Gasteiger partial charge in [0.1, 0.15) is 101 Å². The number of phenols is 3. The Bertz CT molecular complexity index is 5420. The number of amides is 9. The third kappa shape index (κ3) is 21.1. The monoisotopic (exact) mass is 1810 g/mol. The molecule has 1 aromatic heterocycles. The number of likely N-dealkylation sites (N-methyl/N-ethyl adjacent to an activating group) is 1. The van der Waals surface area contributed by atoms with Gasteiger partial charge in [0, 0.05) is 61.6 Å². The van der Waals surface area contributed by atoms with Gasteiger partial charge in [-0.2, -0.15) is 4.98 Å². The predicted octanol–water partition coefficient (Wildman–Crippen LogP) is 2.12. The zero-order valence-electron chi connectivity index (χ0n) is 67.2. The normalized spacial score (nSPS) is 26.0. The summed E-state index contributed by atoms with van der Waals surface area (Å²) >= 11 is 26.5. The van der Waals surface area contributed by atoms with Gasteiger partial charge in [-0.05, 0) is 145 Å². The standard InChI is InChI=1S/C82H90Cl4N14O25/c1-33(2)21-47(88-5)73(112)97-64-66(107)37-10-14-51(45(85)24-37)121-53-26-39-27-54(70(53)125-80-71(69(110)68(109)55(32-101)123-80)124-59-31-82(4,72(111)34(3)120-59)90-18-20-100-19-17-57(93-81(100)119)92-58(106)16-8-35-7-12-43(83)44(84)22-35)122-52-15-11-38(25-46(52)86)67(108)65-78(117)96-63(79(118)99-89-6)42-28-40(102)29-50(104)60(42)41-23-36(9-13-49(41)103)61(75(114)98-65)95-76(115)62(39)94-74(113)48(30-56(87)105)91-77(64)116/h7-17,19,22-29,33-34,47-48,55,59,61-69,71-72,80,88-90,101-104,107-111H,18,20-21,30-32H2,1-6H3,(H2,87,105)(H,91,116)(H,94,113)(H,95,115)(H,96,117)(H,97,112)(H,98,114)(H,99,118)(H,92,93,106,119)/b16-8+/t34-,47+,48-,55+,59-,61+,62+,63+,64+,65-,66+,67+,68+,69-,71+,72+,80-,82-/m0/s1. The SMILES string of the molecule is CNNC(=O)[C@@H]1NC(=O)[C@H]2NC(=O)[C@H](NC(=O)[C@@H]3NC(=O)[C@H](CC(N)=O)NC(=O)[C@H](NC(=O)[C@@H](CC(C)C)NC)[C@H](O)c4ccc(c(Cl)c4)Oc4cc3cc(c4O[C@@H]3O[C@H](CO)[C@@H](O)[C@H](O)[C@H]3O[C@H]3C[C@](C)(NCCn4ccc(NC(=O)/C=C/c5ccc(Cl)c(Cl)c5)nc4=O)[C@H](O)[C@H](C)O3)Oc3ccc(cc3Cl)[C@H]2O)c2ccc(O)c(c2)-c2c(O)cc(O)cc21. The van der Waals surface area contributed by atoms with Crippen molar-refractivity contribution in [2.75, 3.05) is 32.6 Å². The summed E-state index contributed by atoms with van der Waals surface area (Å²) in [6.45, 7) is 5.58. The molecular formula is C82H90Cl4N14O25. The fraction of sp³-hybridized carbons (Fsp3) is 0.378. The molecule has 14 rings (SSSR count). The van der Waals surface area contributed by atoms with Crippen LogP contribution in [0.25, 0.3) is 17.2 Å². The lowest BCUT2D eigenvalue weighted by molar-refractivity contribution is -0.334. The molecule has 8 heterocycles. The number of anilines is 1. The summed E-state index contributed by atoms with van der Waals surface area (Å²) in [6, 6.07) is 5.89. The Balaban J connectivity index is 0.992. The fourth-order valence-corrected chi connectivity index (χ4v) is 15.7. The molecule has 43 heteroatoms. The van der Waals surface area contributed by atoms with Crippen LogP contribution in [-0.2, 0) is 63.9 Å². The molecule has 2 fully saturated rings. The van der Waals surface area contributed by atoms with E-state index in [1.54, 1.807) is 25.1 Å². The van der Waals surface area contributed by atoms with Crippen molar-refractivity contribution in [3.05, 3.63) is 179 Å². The number of aromatic nitrogens is 2. The van der Waals surface area contributed by atoms with E-state index in [0.29, 0.717) is 10.6 Å². The van der Waals surface area contributed by atoms with E-state index in [0.717, 1.165) is 66.7 Å². The van der Waals surface area contributed by atoms with Gasteiger partial charge in [-0.15, -0.1) is 0 Å². The topological polar surface area (TPSA) is 584 Å². The van der Waals surface area contributed by atoms with E-state index in [4.69, 9.17) is 80.6 Å². The maximum Gasteiger partial charge on any atom is 0.349 e. The number of hydrazine groups is 1. The number of aromatic hydroxyl groups is 3. The van der Waals surface area contributed by atoms with Gasteiger partial charge in [0.05, 0.1) is 51.4 Å². The second-order valence-corrected chi connectivity index (χ2v) is 32.4. The number of rotatable bonds is 21. The van der Waals surface area contributed by atoms with Crippen LogP contribution >= 0.6 is 46.4 Å². The highest BCUT2D eigenvalue weighted by molar-refractivity contribution is 6.42. The number of hydrogen-bond donors (Lipinski definition) is 21. The average Bonchev–Trinajstić information content (AvgIpc) is 0.762. The predicted molar refractivity (Wildman–Crippen MR) is 445 cm³/mol. The summed E-state index contributed by atoms with van der Waals surface area (Å²) in [5, 5.41) is 130. The van der Waals surface area contributed by atoms with E-state index in [9.17, 15) is 69.9 Å². The summed E-state index contributed by atoms with van der Waals surface area (Å²) in [7, 11) is 2.75. The van der Waals surface area contributed by atoms with Gasteiger partial charge in [-0.1, -0.05) is 84.5 Å². The number of carbonyl (C=O) groups excluding carboxylic acids is 9. The van der Waals surface area contributed by atoms with E-state index in [1.165, 1.54) is 62.1 Å². The number of hydrogen-bond acceptors (Lipinski definition) is 29. The van der Waals surface area contributed by atoms with Gasteiger partial charge in [0.2, 0.25) is 59.3 Å². The molecule has 0 radical (unpaired) electrons. The highest BCUT2D eigenvalue weighted by Gasteiger charge is 2.52. The number of carbonyl (C=O) groups is 9. The Morgan fingerprint density at radius 3 is 1.99 bits per heavy atom. The number of ether oxygens (including phenoxy) is 6. The number of primary amides is 1. The smallest absolute Gasteiger partial charge is 0.349 e. The molecule has 0 saturated carbocycles. The first-order valence-electron chi connectivity index (χ1n) is 39.0. The van der Waals surface area contributed by atoms with Crippen molar-refractivity contribution in [2.45, 2.75) is 163 Å². The number of fused-ring (bicyclic) bond motifs is 15. The Labute approximate surface area is 731 Å². The molecule has 125 heavy (non-hydrogen) atoms. The molecule has 0 unspecified atom stereocenters. The summed E-state index contributed by atoms with van der Waals surface area (Å²) in [4.78, 5) is 150. The first kappa shape index (κ1) is 92.8. The molecule has 7 aromatic rings. The number of halogens is 4. The zero-order chi connectivity index (χ0) is 90.5. The van der Waals surface area contributed by atoms with Crippen LogP contribution in [0.1, 0.15) is 111 Å². The van der Waals surface area contributed by atoms with Gasteiger partial charge in [-0.25, -0.2) is 10.2 Å². The van der Waals surface area contributed by atoms with E-state index in [-0.39, 0.29) is 65.1 Å². The van der Waals surface area contributed by atoms with Crippen LogP contribution in [0.2, 0.25) is 20.1 Å². The van der Waals surface area contributed by atoms with Crippen LogP contribution in [0.15, 0.2) is 120 Å². The van der Waals surface area contributed by atoms with Gasteiger partial charge < -0.3 is 128 Å². The lowest BCUT2D eigenvalue weighted by Gasteiger charge is -2.48. The van der Waals surface area contributed by atoms with E-state index >= 15 is 24.0 Å². The third-order valence-electron chi connectivity index (χ3n) is 21.4. The molecule has 9 amide bonds. The largest absolute Gasteiger partial charge is 0.508 e. The van der Waals surface area contributed by atoms with E-state index < -0.39 is 254 Å². The zero-order valence-corrected chi connectivity index (χ0v) is 70.2. The number of nitrogens with zero attached hydrogens (tertiary/aromatic N) is 2. The van der Waals surface area contributed by atoms with Gasteiger partial charge in [-0.3, -0.25) is 53.1 Å². The van der Waals surface area contributed by atoms with Crippen LogP contribution in [0.3, 0.4) is 0 Å². The number of benzene rings is 6. The second kappa shape index (κ2) is 39.5. The molecule has 22 N–H and O–H groups in total. The Hall–Kier alpha value is -11.4. The first-order valence-corrected chi connectivity index (χ1v) is 40.5. The van der Waals surface area contributed by atoms with Crippen molar-refractivity contribution in [3.8, 4) is 57.1 Å². The van der Waals surface area contributed by atoms with Gasteiger partial charge in [0.25, 0.3) is 5.91 Å². The maximum atomic E-state index is 16.3. The van der Waals surface area contributed by atoms with Crippen molar-refractivity contribution >= 4 is 111 Å².